The molecule has 0 heterocycles. The van der Waals surface area contributed by atoms with Gasteiger partial charge in [0.25, 0.3) is 0 Å². The summed E-state index contributed by atoms with van der Waals surface area (Å²) in [5, 5.41) is 4.51. The van der Waals surface area contributed by atoms with Crippen molar-refractivity contribution in [1.82, 2.24) is 5.32 Å². The molecule has 118 valence electrons. The molecule has 0 amide bonds. The van der Waals surface area contributed by atoms with Crippen LogP contribution in [0.2, 0.25) is 5.02 Å². The van der Waals surface area contributed by atoms with E-state index in [0.717, 1.165) is 31.1 Å². The third-order valence-corrected chi connectivity index (χ3v) is 5.02. The first-order chi connectivity index (χ1) is 10.2. The Labute approximate surface area is 134 Å². The molecule has 1 saturated carbocycles. The second-order valence-corrected chi connectivity index (χ2v) is 6.91. The molecule has 1 aromatic rings. The molecule has 1 aliphatic carbocycles. The van der Waals surface area contributed by atoms with Crippen LogP contribution in [-0.2, 0) is 11.2 Å². The normalized spacial score (nSPS) is 17.9. The zero-order chi connectivity index (χ0) is 15.1. The van der Waals surface area contributed by atoms with Gasteiger partial charge in [0.05, 0.1) is 6.61 Å². The van der Waals surface area contributed by atoms with Crippen LogP contribution in [0.3, 0.4) is 0 Å². The van der Waals surface area contributed by atoms with Crippen LogP contribution in [0.15, 0.2) is 18.2 Å². The summed E-state index contributed by atoms with van der Waals surface area (Å²) in [6.45, 7) is 4.88. The molecule has 0 atom stereocenters. The highest BCUT2D eigenvalue weighted by molar-refractivity contribution is 6.31. The lowest BCUT2D eigenvalue weighted by Gasteiger charge is -2.38. The molecule has 0 saturated heterocycles. The summed E-state index contributed by atoms with van der Waals surface area (Å²) in [6.07, 6.45) is 7.76. The number of benzene rings is 1. The van der Waals surface area contributed by atoms with Gasteiger partial charge in [-0.3, -0.25) is 0 Å². The number of hydrogen-bond donors (Lipinski definition) is 1. The predicted octanol–water partition coefficient (Wildman–Crippen LogP) is 4.38. The van der Waals surface area contributed by atoms with E-state index < -0.39 is 0 Å². The van der Waals surface area contributed by atoms with E-state index in [-0.39, 0.29) is 0 Å². The average Bonchev–Trinajstić information content (AvgIpc) is 2.48. The van der Waals surface area contributed by atoms with Gasteiger partial charge in [0.1, 0.15) is 0 Å². The van der Waals surface area contributed by atoms with Crippen LogP contribution in [0.4, 0.5) is 0 Å². The number of rotatable bonds is 7. The second kappa shape index (κ2) is 8.17. The van der Waals surface area contributed by atoms with Crippen LogP contribution in [0.25, 0.3) is 0 Å². The summed E-state index contributed by atoms with van der Waals surface area (Å²) >= 11 is 6.45. The number of aryl methyl sites for hydroxylation is 1. The molecule has 0 aliphatic heterocycles. The monoisotopic (exact) mass is 309 g/mol. The summed E-state index contributed by atoms with van der Waals surface area (Å²) in [7, 11) is 1.75. The summed E-state index contributed by atoms with van der Waals surface area (Å²) < 4.78 is 5.13. The average molecular weight is 310 g/mol. The zero-order valence-corrected chi connectivity index (χ0v) is 14.1. The van der Waals surface area contributed by atoms with E-state index in [1.807, 2.05) is 0 Å². The molecule has 0 aromatic heterocycles. The van der Waals surface area contributed by atoms with Gasteiger partial charge in [-0.25, -0.2) is 0 Å². The van der Waals surface area contributed by atoms with Crippen molar-refractivity contribution in [2.24, 2.45) is 5.41 Å². The summed E-state index contributed by atoms with van der Waals surface area (Å²) in [4.78, 5) is 0. The molecular weight excluding hydrogens is 282 g/mol. The summed E-state index contributed by atoms with van der Waals surface area (Å²) in [6, 6.07) is 6.48. The van der Waals surface area contributed by atoms with Crippen molar-refractivity contribution in [2.75, 3.05) is 26.8 Å². The number of nitrogens with one attached hydrogen (secondary N) is 1. The van der Waals surface area contributed by atoms with Gasteiger partial charge in [-0.1, -0.05) is 43.0 Å². The number of hydrogen-bond acceptors (Lipinski definition) is 2. The molecule has 0 radical (unpaired) electrons. The van der Waals surface area contributed by atoms with Gasteiger partial charge < -0.3 is 10.1 Å². The van der Waals surface area contributed by atoms with E-state index in [0.29, 0.717) is 5.41 Å². The SMILES string of the molecule is COCCNCC1(Cc2ccc(C)cc2Cl)CCCCC1. The lowest BCUT2D eigenvalue weighted by atomic mass is 9.70. The van der Waals surface area contributed by atoms with Gasteiger partial charge in [0.2, 0.25) is 0 Å². The smallest absolute Gasteiger partial charge is 0.0587 e. The first-order valence-electron chi connectivity index (χ1n) is 8.10. The van der Waals surface area contributed by atoms with E-state index in [4.69, 9.17) is 16.3 Å². The molecule has 2 nitrogen and oxygen atoms in total. The Bertz CT molecular complexity index is 441. The predicted molar refractivity (Wildman–Crippen MR) is 90.2 cm³/mol. The molecular formula is C18H28ClNO. The van der Waals surface area contributed by atoms with Crippen molar-refractivity contribution in [3.63, 3.8) is 0 Å². The van der Waals surface area contributed by atoms with Gasteiger partial charge in [-0.05, 0) is 48.8 Å². The van der Waals surface area contributed by atoms with Gasteiger partial charge in [-0.15, -0.1) is 0 Å². The molecule has 21 heavy (non-hydrogen) atoms. The largest absolute Gasteiger partial charge is 0.383 e. The van der Waals surface area contributed by atoms with Crippen LogP contribution in [0.5, 0.6) is 0 Å². The highest BCUT2D eigenvalue weighted by Crippen LogP contribution is 2.40. The maximum absolute atomic E-state index is 6.45. The maximum Gasteiger partial charge on any atom is 0.0587 e. The standard InChI is InChI=1S/C18H28ClNO/c1-15-6-7-16(17(19)12-15)13-18(8-4-3-5-9-18)14-20-10-11-21-2/h6-7,12,20H,3-5,8-11,13-14H2,1-2H3. The Morgan fingerprint density at radius 2 is 2.00 bits per heavy atom. The topological polar surface area (TPSA) is 21.3 Å². The lowest BCUT2D eigenvalue weighted by Crippen LogP contribution is -2.39. The van der Waals surface area contributed by atoms with Crippen molar-refractivity contribution in [3.05, 3.63) is 34.3 Å². The fraction of sp³-hybridized carbons (Fsp3) is 0.667. The first kappa shape index (κ1) is 16.8. The summed E-state index contributed by atoms with van der Waals surface area (Å²) in [5.41, 5.74) is 2.91. The Kier molecular flexibility index (Phi) is 6.53. The van der Waals surface area contributed by atoms with Crippen molar-refractivity contribution < 1.29 is 4.74 Å². The minimum absolute atomic E-state index is 0.366. The van der Waals surface area contributed by atoms with Crippen molar-refractivity contribution in [2.45, 2.75) is 45.4 Å². The molecule has 0 spiro atoms. The molecule has 1 aliphatic rings. The minimum Gasteiger partial charge on any atom is -0.383 e. The van der Waals surface area contributed by atoms with Gasteiger partial charge in [-0.2, -0.15) is 0 Å². The van der Waals surface area contributed by atoms with E-state index in [1.165, 1.54) is 43.2 Å². The highest BCUT2D eigenvalue weighted by atomic mass is 35.5. The van der Waals surface area contributed by atoms with Crippen LogP contribution < -0.4 is 5.32 Å². The lowest BCUT2D eigenvalue weighted by molar-refractivity contribution is 0.162. The first-order valence-corrected chi connectivity index (χ1v) is 8.48. The molecule has 1 N–H and O–H groups in total. The summed E-state index contributed by atoms with van der Waals surface area (Å²) in [5.74, 6) is 0. The van der Waals surface area contributed by atoms with Crippen LogP contribution in [0, 0.1) is 12.3 Å². The zero-order valence-electron chi connectivity index (χ0n) is 13.4. The maximum atomic E-state index is 6.45. The number of methoxy groups -OCH3 is 1. The van der Waals surface area contributed by atoms with Gasteiger partial charge in [0, 0.05) is 25.2 Å². The highest BCUT2D eigenvalue weighted by Gasteiger charge is 2.32. The fourth-order valence-corrected chi connectivity index (χ4v) is 3.75. The van der Waals surface area contributed by atoms with E-state index in [2.05, 4.69) is 30.4 Å². The van der Waals surface area contributed by atoms with Crippen LogP contribution in [0.1, 0.15) is 43.2 Å². The van der Waals surface area contributed by atoms with Crippen molar-refractivity contribution >= 4 is 11.6 Å². The minimum atomic E-state index is 0.366. The van der Waals surface area contributed by atoms with E-state index in [1.54, 1.807) is 7.11 Å². The van der Waals surface area contributed by atoms with Crippen molar-refractivity contribution in [3.8, 4) is 0 Å². The molecule has 0 unspecified atom stereocenters. The molecule has 1 aromatic carbocycles. The van der Waals surface area contributed by atoms with Gasteiger partial charge in [0.15, 0.2) is 0 Å². The molecule has 0 bridgehead atoms. The number of ether oxygens (including phenoxy) is 1. The second-order valence-electron chi connectivity index (χ2n) is 6.50. The quantitative estimate of drug-likeness (QED) is 0.755. The molecule has 1 fully saturated rings. The fourth-order valence-electron chi connectivity index (χ4n) is 3.45. The van der Waals surface area contributed by atoms with E-state index >= 15 is 0 Å². The Morgan fingerprint density at radius 1 is 1.24 bits per heavy atom. The van der Waals surface area contributed by atoms with Crippen LogP contribution >= 0.6 is 11.6 Å². The van der Waals surface area contributed by atoms with Gasteiger partial charge >= 0.3 is 0 Å². The Morgan fingerprint density at radius 3 is 2.67 bits per heavy atom. The van der Waals surface area contributed by atoms with Crippen LogP contribution in [-0.4, -0.2) is 26.8 Å². The number of halogens is 1. The third kappa shape index (κ3) is 4.98. The third-order valence-electron chi connectivity index (χ3n) is 4.67. The molecule has 3 heteroatoms. The van der Waals surface area contributed by atoms with Crippen molar-refractivity contribution in [1.29, 1.82) is 0 Å². The Balaban J connectivity index is 2.04. The Hall–Kier alpha value is -0.570. The molecule has 2 rings (SSSR count). The van der Waals surface area contributed by atoms with E-state index in [9.17, 15) is 0 Å².